The van der Waals surface area contributed by atoms with Crippen molar-refractivity contribution < 1.29 is 18.3 Å². The van der Waals surface area contributed by atoms with Gasteiger partial charge in [-0.2, -0.15) is 0 Å². The Morgan fingerprint density at radius 2 is 1.74 bits per heavy atom. The number of piperazine rings is 1. The van der Waals surface area contributed by atoms with Gasteiger partial charge in [0.15, 0.2) is 0 Å². The molecule has 2 saturated heterocycles. The number of amides is 1. The molecule has 0 aliphatic carbocycles. The lowest BCUT2D eigenvalue weighted by molar-refractivity contribution is 0.0904. The topological polar surface area (TPSA) is 78.0 Å². The minimum atomic E-state index is -0.600. The number of rotatable bonds is 6. The molecule has 7 nitrogen and oxygen atoms in total. The summed E-state index contributed by atoms with van der Waals surface area (Å²) in [5.41, 5.74) is 5.46. The van der Waals surface area contributed by atoms with Gasteiger partial charge in [-0.1, -0.05) is 6.07 Å². The fourth-order valence-corrected chi connectivity index (χ4v) is 5.36. The highest BCUT2D eigenvalue weighted by atomic mass is 19.1. The molecular weight excluding hydrogens is 500 g/mol. The van der Waals surface area contributed by atoms with E-state index in [-0.39, 0.29) is 11.9 Å². The lowest BCUT2D eigenvalue weighted by Gasteiger charge is -2.31. The highest BCUT2D eigenvalue weighted by molar-refractivity contribution is 6.20. The molecule has 3 aromatic carbocycles. The van der Waals surface area contributed by atoms with Crippen LogP contribution in [0.5, 0.6) is 0 Å². The summed E-state index contributed by atoms with van der Waals surface area (Å²) in [5.74, 6) is -0.947. The molecule has 0 saturated carbocycles. The van der Waals surface area contributed by atoms with E-state index in [2.05, 4.69) is 31.9 Å². The monoisotopic (exact) mass is 531 g/mol. The Morgan fingerprint density at radius 3 is 2.51 bits per heavy atom. The number of anilines is 2. The molecule has 1 amide bonds. The molecule has 0 unspecified atom stereocenters. The largest absolute Gasteiger partial charge is 0.381 e. The highest BCUT2D eigenvalue weighted by Gasteiger charge is 2.25. The lowest BCUT2D eigenvalue weighted by atomic mass is 9.98. The number of hydrogen-bond acceptors (Lipinski definition) is 6. The van der Waals surface area contributed by atoms with Crippen LogP contribution in [0.15, 0.2) is 59.6 Å². The standard InChI is InChI=1S/C30H31F2N5O2/c31-21-14-20(15-22(32)17-21)13-19-1-4-27-26(16-19)29(35-27)36-30(38)25-3-2-24(37-9-7-33-8-10-37)18-28(25)34-23-5-11-39-12-6-23/h1-4,14-18,23,33-34H,5-13H2,(H,35,36,38). The number of halogens is 2. The third-order valence-electron chi connectivity index (χ3n) is 7.42. The smallest absolute Gasteiger partial charge is 0.258 e. The third-order valence-corrected chi connectivity index (χ3v) is 7.42. The van der Waals surface area contributed by atoms with E-state index in [4.69, 9.17) is 4.74 Å². The van der Waals surface area contributed by atoms with Crippen molar-refractivity contribution in [1.29, 1.82) is 0 Å². The molecule has 3 N–H and O–H groups in total. The van der Waals surface area contributed by atoms with E-state index in [1.54, 1.807) is 0 Å². The van der Waals surface area contributed by atoms with Crippen LogP contribution in [-0.2, 0) is 11.2 Å². The molecule has 2 fully saturated rings. The van der Waals surface area contributed by atoms with Crippen molar-refractivity contribution in [1.82, 2.24) is 10.6 Å². The Morgan fingerprint density at radius 1 is 0.974 bits per heavy atom. The van der Waals surface area contributed by atoms with Gasteiger partial charge in [0, 0.05) is 68.4 Å². The van der Waals surface area contributed by atoms with Gasteiger partial charge in [0.25, 0.3) is 5.91 Å². The maximum Gasteiger partial charge on any atom is 0.258 e. The van der Waals surface area contributed by atoms with Crippen LogP contribution in [0.4, 0.5) is 25.8 Å². The van der Waals surface area contributed by atoms with Gasteiger partial charge in [0.1, 0.15) is 17.5 Å². The van der Waals surface area contributed by atoms with E-state index in [1.807, 2.05) is 30.3 Å². The molecule has 0 bridgehead atoms. The zero-order chi connectivity index (χ0) is 26.8. The summed E-state index contributed by atoms with van der Waals surface area (Å²) >= 11 is 0. The van der Waals surface area contributed by atoms with Gasteiger partial charge in [-0.25, -0.2) is 13.8 Å². The quantitative estimate of drug-likeness (QED) is 0.440. The number of ether oxygens (including phenoxy) is 1. The zero-order valence-corrected chi connectivity index (χ0v) is 21.6. The van der Waals surface area contributed by atoms with Crippen LogP contribution in [0.25, 0.3) is 0 Å². The van der Waals surface area contributed by atoms with E-state index in [1.165, 1.54) is 12.1 Å². The molecule has 3 aromatic rings. The fraction of sp³-hybridized carbons (Fsp3) is 0.333. The van der Waals surface area contributed by atoms with Gasteiger partial charge in [0.05, 0.1) is 11.3 Å². The number of fused-ring (bicyclic) bond motifs is 1. The minimum Gasteiger partial charge on any atom is -0.381 e. The Kier molecular flexibility index (Phi) is 7.26. The number of hydrogen-bond donors (Lipinski definition) is 3. The molecular formula is C30H31F2N5O2. The fourth-order valence-electron chi connectivity index (χ4n) is 5.36. The number of nitrogens with zero attached hydrogens (tertiary/aromatic N) is 2. The van der Waals surface area contributed by atoms with Gasteiger partial charge in [-0.15, -0.1) is 0 Å². The molecule has 3 heterocycles. The predicted octanol–water partition coefficient (Wildman–Crippen LogP) is 4.38. The van der Waals surface area contributed by atoms with Crippen molar-refractivity contribution >= 4 is 28.8 Å². The summed E-state index contributed by atoms with van der Waals surface area (Å²) < 4.78 is 32.8. The number of aliphatic imine (C=N–C) groups is 1. The minimum absolute atomic E-state index is 0.237. The zero-order valence-electron chi connectivity index (χ0n) is 21.6. The van der Waals surface area contributed by atoms with Crippen molar-refractivity contribution in [2.75, 3.05) is 49.6 Å². The Hall–Kier alpha value is -3.82. The first-order chi connectivity index (χ1) is 19.0. The summed E-state index contributed by atoms with van der Waals surface area (Å²) in [4.78, 5) is 20.3. The van der Waals surface area contributed by atoms with Crippen LogP contribution in [0, 0.1) is 11.6 Å². The van der Waals surface area contributed by atoms with Gasteiger partial charge in [-0.05, 0) is 72.9 Å². The molecule has 39 heavy (non-hydrogen) atoms. The third kappa shape index (κ3) is 5.79. The average molecular weight is 532 g/mol. The molecule has 9 heteroatoms. The number of nitrogens with one attached hydrogen (secondary N) is 3. The maximum atomic E-state index is 13.6. The van der Waals surface area contributed by atoms with Crippen molar-refractivity contribution in [3.8, 4) is 0 Å². The number of carbonyl (C=O) groups excluding carboxylic acids is 1. The second kappa shape index (κ2) is 11.1. The van der Waals surface area contributed by atoms with E-state index in [0.29, 0.717) is 36.6 Å². The SMILES string of the molecule is O=C(NC1=Nc2ccc(Cc3cc(F)cc(F)c3)cc21)c1ccc(N2CCNCC2)cc1NC1CCOCC1. The van der Waals surface area contributed by atoms with E-state index in [9.17, 15) is 13.6 Å². The second-order valence-corrected chi connectivity index (χ2v) is 10.2. The van der Waals surface area contributed by atoms with Gasteiger partial charge < -0.3 is 25.6 Å². The molecule has 0 aromatic heterocycles. The lowest BCUT2D eigenvalue weighted by Crippen LogP contribution is -2.43. The first-order valence-electron chi connectivity index (χ1n) is 13.4. The van der Waals surface area contributed by atoms with Gasteiger partial charge >= 0.3 is 0 Å². The molecule has 0 spiro atoms. The van der Waals surface area contributed by atoms with E-state index in [0.717, 1.165) is 73.3 Å². The molecule has 202 valence electrons. The first kappa shape index (κ1) is 25.5. The summed E-state index contributed by atoms with van der Waals surface area (Å²) in [6.45, 7) is 5.10. The highest BCUT2D eigenvalue weighted by Crippen LogP contribution is 2.32. The van der Waals surface area contributed by atoms with Crippen molar-refractivity contribution in [3.63, 3.8) is 0 Å². The van der Waals surface area contributed by atoms with E-state index < -0.39 is 11.6 Å². The van der Waals surface area contributed by atoms with Crippen LogP contribution in [0.1, 0.15) is 39.9 Å². The Labute approximate surface area is 226 Å². The van der Waals surface area contributed by atoms with Crippen molar-refractivity contribution in [2.24, 2.45) is 4.99 Å². The number of carbonyl (C=O) groups is 1. The summed E-state index contributed by atoms with van der Waals surface area (Å²) in [6.07, 6.45) is 2.14. The summed E-state index contributed by atoms with van der Waals surface area (Å²) in [5, 5.41) is 9.95. The number of amidine groups is 1. The second-order valence-electron chi connectivity index (χ2n) is 10.2. The van der Waals surface area contributed by atoms with Crippen molar-refractivity contribution in [3.05, 3.63) is 88.5 Å². The summed E-state index contributed by atoms with van der Waals surface area (Å²) in [6, 6.07) is 15.4. The normalized spacial score (nSPS) is 17.2. The van der Waals surface area contributed by atoms with Crippen LogP contribution in [0.2, 0.25) is 0 Å². The molecule has 0 radical (unpaired) electrons. The van der Waals surface area contributed by atoms with Crippen molar-refractivity contribution in [2.45, 2.75) is 25.3 Å². The molecule has 6 rings (SSSR count). The Balaban J connectivity index is 1.20. The predicted molar refractivity (Wildman–Crippen MR) is 148 cm³/mol. The van der Waals surface area contributed by atoms with Crippen LogP contribution in [-0.4, -0.2) is 57.2 Å². The van der Waals surface area contributed by atoms with E-state index >= 15 is 0 Å². The molecule has 3 aliphatic rings. The maximum absolute atomic E-state index is 13.6. The molecule has 0 atom stereocenters. The number of benzene rings is 3. The summed E-state index contributed by atoms with van der Waals surface area (Å²) in [7, 11) is 0. The van der Waals surface area contributed by atoms with Gasteiger partial charge in [0.2, 0.25) is 0 Å². The Bertz CT molecular complexity index is 1390. The van der Waals surface area contributed by atoms with Crippen LogP contribution < -0.4 is 20.9 Å². The van der Waals surface area contributed by atoms with Gasteiger partial charge in [-0.3, -0.25) is 4.79 Å². The molecule has 3 aliphatic heterocycles. The van der Waals surface area contributed by atoms with Crippen LogP contribution >= 0.6 is 0 Å². The van der Waals surface area contributed by atoms with Crippen LogP contribution in [0.3, 0.4) is 0 Å². The first-order valence-corrected chi connectivity index (χ1v) is 13.4. The average Bonchev–Trinajstić information content (AvgIpc) is 2.93.